The molecule has 0 radical (unpaired) electrons. The van der Waals surface area contributed by atoms with Gasteiger partial charge in [-0.3, -0.25) is 9.59 Å². The van der Waals surface area contributed by atoms with Gasteiger partial charge in [-0.2, -0.15) is 0 Å². The first-order valence-electron chi connectivity index (χ1n) is 10.4. The normalized spacial score (nSPS) is 17.1. The minimum Gasteiger partial charge on any atom is -0.467 e. The number of furan rings is 1. The van der Waals surface area contributed by atoms with Gasteiger partial charge in [0.05, 0.1) is 18.9 Å². The maximum Gasteiger partial charge on any atom is 0.245 e. The predicted octanol–water partition coefficient (Wildman–Crippen LogP) is 4.00. The van der Waals surface area contributed by atoms with Crippen LogP contribution in [0.2, 0.25) is 0 Å². The number of nitrogens with zero attached hydrogens (tertiary/aromatic N) is 2. The summed E-state index contributed by atoms with van der Waals surface area (Å²) in [6.07, 6.45) is 3.52. The SMILES string of the molecule is CC(C)N(CC(=O)N(Cc1ccco1)CC1CCCO1)C(=O)C(Cl)c1ccccc1. The van der Waals surface area contributed by atoms with Crippen LogP contribution in [0.3, 0.4) is 0 Å². The van der Waals surface area contributed by atoms with Crippen LogP contribution in [0.15, 0.2) is 53.1 Å². The molecule has 162 valence electrons. The minimum atomic E-state index is -0.835. The van der Waals surface area contributed by atoms with Gasteiger partial charge in [-0.1, -0.05) is 30.3 Å². The van der Waals surface area contributed by atoms with Crippen molar-refractivity contribution in [3.05, 3.63) is 60.1 Å². The van der Waals surface area contributed by atoms with Crippen LogP contribution in [-0.4, -0.2) is 53.5 Å². The van der Waals surface area contributed by atoms with E-state index in [0.717, 1.165) is 19.4 Å². The molecular formula is C23H29ClN2O4. The maximum atomic E-state index is 13.2. The van der Waals surface area contributed by atoms with Crippen molar-refractivity contribution >= 4 is 23.4 Å². The second kappa shape index (κ2) is 10.6. The molecule has 2 amide bonds. The van der Waals surface area contributed by atoms with Crippen molar-refractivity contribution in [1.82, 2.24) is 9.80 Å². The van der Waals surface area contributed by atoms with E-state index in [4.69, 9.17) is 20.8 Å². The number of rotatable bonds is 9. The van der Waals surface area contributed by atoms with E-state index in [9.17, 15) is 9.59 Å². The third-order valence-electron chi connectivity index (χ3n) is 5.25. The van der Waals surface area contributed by atoms with Crippen molar-refractivity contribution in [3.8, 4) is 0 Å². The van der Waals surface area contributed by atoms with Crippen molar-refractivity contribution in [1.29, 1.82) is 0 Å². The largest absolute Gasteiger partial charge is 0.467 e. The number of benzene rings is 1. The Hall–Kier alpha value is -2.31. The van der Waals surface area contributed by atoms with Gasteiger partial charge in [-0.15, -0.1) is 11.6 Å². The predicted molar refractivity (Wildman–Crippen MR) is 115 cm³/mol. The molecule has 0 aliphatic carbocycles. The number of hydrogen-bond acceptors (Lipinski definition) is 4. The molecular weight excluding hydrogens is 404 g/mol. The van der Waals surface area contributed by atoms with Gasteiger partial charge in [-0.05, 0) is 44.4 Å². The number of alkyl halides is 1. The van der Waals surface area contributed by atoms with E-state index in [0.29, 0.717) is 24.4 Å². The Morgan fingerprint density at radius 1 is 1.17 bits per heavy atom. The number of amides is 2. The summed E-state index contributed by atoms with van der Waals surface area (Å²) in [7, 11) is 0. The zero-order valence-electron chi connectivity index (χ0n) is 17.5. The summed E-state index contributed by atoms with van der Waals surface area (Å²) in [6.45, 7) is 5.26. The Balaban J connectivity index is 1.72. The fourth-order valence-corrected chi connectivity index (χ4v) is 3.82. The molecule has 2 aromatic rings. The molecule has 6 nitrogen and oxygen atoms in total. The maximum absolute atomic E-state index is 13.2. The standard InChI is InChI=1S/C23H29ClN2O4/c1-17(2)26(23(28)22(24)18-8-4-3-5-9-18)16-21(27)25(14-19-10-6-12-29-19)15-20-11-7-13-30-20/h3-6,8-10,12,17,20,22H,7,11,13-16H2,1-2H3. The lowest BCUT2D eigenvalue weighted by atomic mass is 10.1. The topological polar surface area (TPSA) is 63.0 Å². The zero-order chi connectivity index (χ0) is 21.5. The molecule has 1 aromatic carbocycles. The van der Waals surface area contributed by atoms with Gasteiger partial charge in [-0.25, -0.2) is 0 Å². The second-order valence-corrected chi connectivity index (χ2v) is 8.26. The number of ether oxygens (including phenoxy) is 1. The van der Waals surface area contributed by atoms with E-state index < -0.39 is 5.38 Å². The van der Waals surface area contributed by atoms with E-state index in [1.165, 1.54) is 4.90 Å². The van der Waals surface area contributed by atoms with Crippen LogP contribution in [0.5, 0.6) is 0 Å². The van der Waals surface area contributed by atoms with Gasteiger partial charge >= 0.3 is 0 Å². The van der Waals surface area contributed by atoms with Gasteiger partial charge in [0.2, 0.25) is 11.8 Å². The quantitative estimate of drug-likeness (QED) is 0.562. The lowest BCUT2D eigenvalue weighted by Crippen LogP contribution is -2.48. The van der Waals surface area contributed by atoms with Crippen LogP contribution in [0.1, 0.15) is 43.4 Å². The lowest BCUT2D eigenvalue weighted by molar-refractivity contribution is -0.143. The summed E-state index contributed by atoms with van der Waals surface area (Å²) < 4.78 is 11.2. The highest BCUT2D eigenvalue weighted by atomic mass is 35.5. The van der Waals surface area contributed by atoms with Crippen LogP contribution < -0.4 is 0 Å². The van der Waals surface area contributed by atoms with Gasteiger partial charge in [0.25, 0.3) is 0 Å². The average molecular weight is 433 g/mol. The molecule has 0 spiro atoms. The third-order valence-corrected chi connectivity index (χ3v) is 5.69. The Bertz CT molecular complexity index is 804. The smallest absolute Gasteiger partial charge is 0.245 e. The summed E-state index contributed by atoms with van der Waals surface area (Å²) in [4.78, 5) is 29.6. The van der Waals surface area contributed by atoms with Crippen molar-refractivity contribution in [2.45, 2.75) is 50.8 Å². The Kier molecular flexibility index (Phi) is 7.94. The van der Waals surface area contributed by atoms with Gasteiger partial charge in [0.15, 0.2) is 0 Å². The fourth-order valence-electron chi connectivity index (χ4n) is 3.55. The van der Waals surface area contributed by atoms with Crippen molar-refractivity contribution in [2.24, 2.45) is 0 Å². The number of hydrogen-bond donors (Lipinski definition) is 0. The monoisotopic (exact) mass is 432 g/mol. The molecule has 0 saturated carbocycles. The Labute approximate surface area is 182 Å². The second-order valence-electron chi connectivity index (χ2n) is 7.82. The van der Waals surface area contributed by atoms with Crippen LogP contribution in [0.25, 0.3) is 0 Å². The number of halogens is 1. The van der Waals surface area contributed by atoms with Crippen molar-refractivity contribution < 1.29 is 18.7 Å². The van der Waals surface area contributed by atoms with Gasteiger partial charge < -0.3 is 19.0 Å². The summed E-state index contributed by atoms with van der Waals surface area (Å²) in [5.41, 5.74) is 0.717. The molecule has 0 N–H and O–H groups in total. The molecule has 7 heteroatoms. The van der Waals surface area contributed by atoms with E-state index >= 15 is 0 Å². The Morgan fingerprint density at radius 2 is 1.93 bits per heavy atom. The first kappa shape index (κ1) is 22.4. The molecule has 3 rings (SSSR count). The van der Waals surface area contributed by atoms with Crippen LogP contribution in [-0.2, 0) is 20.9 Å². The highest BCUT2D eigenvalue weighted by Crippen LogP contribution is 2.24. The molecule has 30 heavy (non-hydrogen) atoms. The highest BCUT2D eigenvalue weighted by Gasteiger charge is 2.30. The fraction of sp³-hybridized carbons (Fsp3) is 0.478. The average Bonchev–Trinajstić information content (AvgIpc) is 3.45. The van der Waals surface area contributed by atoms with Crippen LogP contribution >= 0.6 is 11.6 Å². The van der Waals surface area contributed by atoms with Crippen molar-refractivity contribution in [3.63, 3.8) is 0 Å². The van der Waals surface area contributed by atoms with E-state index in [1.807, 2.05) is 50.2 Å². The summed E-state index contributed by atoms with van der Waals surface area (Å²) in [5.74, 6) is 0.269. The minimum absolute atomic E-state index is 0.0113. The van der Waals surface area contributed by atoms with Gasteiger partial charge in [0, 0.05) is 19.2 Å². The molecule has 1 aliphatic heterocycles. The highest BCUT2D eigenvalue weighted by molar-refractivity contribution is 6.30. The van der Waals surface area contributed by atoms with E-state index in [-0.39, 0.29) is 30.5 Å². The molecule has 2 unspecified atom stereocenters. The molecule has 2 atom stereocenters. The molecule has 1 aromatic heterocycles. The molecule has 0 bridgehead atoms. The van der Waals surface area contributed by atoms with Gasteiger partial charge in [0.1, 0.15) is 17.7 Å². The third kappa shape index (κ3) is 5.86. The number of carbonyl (C=O) groups is 2. The Morgan fingerprint density at radius 3 is 2.53 bits per heavy atom. The lowest BCUT2D eigenvalue weighted by Gasteiger charge is -2.32. The molecule has 1 aliphatic rings. The molecule has 1 saturated heterocycles. The zero-order valence-corrected chi connectivity index (χ0v) is 18.3. The molecule has 1 fully saturated rings. The van der Waals surface area contributed by atoms with E-state index in [1.54, 1.807) is 17.2 Å². The van der Waals surface area contributed by atoms with Crippen LogP contribution in [0, 0.1) is 0 Å². The summed E-state index contributed by atoms with van der Waals surface area (Å²) in [6, 6.07) is 12.7. The molecule has 2 heterocycles. The van der Waals surface area contributed by atoms with Crippen molar-refractivity contribution in [2.75, 3.05) is 19.7 Å². The number of carbonyl (C=O) groups excluding carboxylic acids is 2. The first-order valence-corrected chi connectivity index (χ1v) is 10.8. The van der Waals surface area contributed by atoms with E-state index in [2.05, 4.69) is 0 Å². The summed E-state index contributed by atoms with van der Waals surface area (Å²) in [5, 5.41) is -0.835. The van der Waals surface area contributed by atoms with Crippen LogP contribution in [0.4, 0.5) is 0 Å². The summed E-state index contributed by atoms with van der Waals surface area (Å²) >= 11 is 6.46. The first-order chi connectivity index (χ1) is 14.5.